The van der Waals surface area contributed by atoms with E-state index in [0.29, 0.717) is 0 Å². The topological polar surface area (TPSA) is 40.5 Å². The lowest BCUT2D eigenvalue weighted by atomic mass is 10.00. The summed E-state index contributed by atoms with van der Waals surface area (Å²) in [6, 6.07) is 8.08. The Balaban J connectivity index is 2.29. The second-order valence-corrected chi connectivity index (χ2v) is 6.34. The number of hydrogen-bond acceptors (Lipinski definition) is 2. The van der Waals surface area contributed by atoms with Gasteiger partial charge in [-0.05, 0) is 43.5 Å². The average Bonchev–Trinajstić information content (AvgIpc) is 2.66. The van der Waals surface area contributed by atoms with Gasteiger partial charge >= 0.3 is 5.97 Å². The molecule has 0 radical (unpaired) electrons. The van der Waals surface area contributed by atoms with E-state index >= 15 is 0 Å². The summed E-state index contributed by atoms with van der Waals surface area (Å²) >= 11 is 3.51. The first-order chi connectivity index (χ1) is 9.63. The minimum atomic E-state index is -0.680. The summed E-state index contributed by atoms with van der Waals surface area (Å²) in [6.07, 6.45) is 4.94. The van der Waals surface area contributed by atoms with Crippen LogP contribution in [-0.2, 0) is 4.79 Å². The molecule has 1 N–H and O–H groups in total. The third kappa shape index (κ3) is 3.61. The van der Waals surface area contributed by atoms with Gasteiger partial charge in [-0.25, -0.2) is 0 Å². The van der Waals surface area contributed by atoms with Gasteiger partial charge in [0.05, 0.1) is 0 Å². The van der Waals surface area contributed by atoms with Gasteiger partial charge in [0, 0.05) is 10.5 Å². The molecule has 3 nitrogen and oxygen atoms in total. The van der Waals surface area contributed by atoms with Crippen molar-refractivity contribution < 1.29 is 9.90 Å². The zero-order valence-electron chi connectivity index (χ0n) is 11.9. The molecule has 1 aromatic carbocycles. The number of nitrogens with zero attached hydrogens (tertiary/aromatic N) is 1. The van der Waals surface area contributed by atoms with Crippen molar-refractivity contribution in [2.75, 3.05) is 6.54 Å². The minimum Gasteiger partial charge on any atom is -0.480 e. The van der Waals surface area contributed by atoms with Crippen LogP contribution in [0.25, 0.3) is 0 Å². The van der Waals surface area contributed by atoms with Crippen LogP contribution in [0.1, 0.15) is 50.6 Å². The molecule has 0 aromatic heterocycles. The monoisotopic (exact) mass is 339 g/mol. The van der Waals surface area contributed by atoms with E-state index in [1.807, 2.05) is 12.1 Å². The summed E-state index contributed by atoms with van der Waals surface area (Å²) in [6.45, 7) is 3.01. The third-order valence-corrected chi connectivity index (χ3v) is 4.59. The quantitative estimate of drug-likeness (QED) is 0.892. The third-order valence-electron chi connectivity index (χ3n) is 4.10. The molecule has 0 saturated carbocycles. The molecule has 2 atom stereocenters. The molecule has 1 aliphatic rings. The molecule has 1 aromatic rings. The van der Waals surface area contributed by atoms with Crippen LogP contribution in [0.5, 0.6) is 0 Å². The van der Waals surface area contributed by atoms with Gasteiger partial charge in [0.2, 0.25) is 0 Å². The Morgan fingerprint density at radius 1 is 1.45 bits per heavy atom. The highest BCUT2D eigenvalue weighted by atomic mass is 79.9. The van der Waals surface area contributed by atoms with Gasteiger partial charge in [-0.3, -0.25) is 9.69 Å². The second-order valence-electron chi connectivity index (χ2n) is 5.42. The maximum atomic E-state index is 11.6. The predicted molar refractivity (Wildman–Crippen MR) is 83.8 cm³/mol. The largest absolute Gasteiger partial charge is 0.480 e. The molecule has 0 spiro atoms. The van der Waals surface area contributed by atoms with E-state index in [4.69, 9.17) is 0 Å². The smallest absolute Gasteiger partial charge is 0.320 e. The summed E-state index contributed by atoms with van der Waals surface area (Å²) in [7, 11) is 0. The van der Waals surface area contributed by atoms with E-state index in [1.165, 1.54) is 5.56 Å². The van der Waals surface area contributed by atoms with Gasteiger partial charge in [-0.1, -0.05) is 47.8 Å². The number of halogens is 1. The molecule has 0 amide bonds. The van der Waals surface area contributed by atoms with Crippen LogP contribution in [0.3, 0.4) is 0 Å². The summed E-state index contributed by atoms with van der Waals surface area (Å²) in [5, 5.41) is 9.53. The Morgan fingerprint density at radius 2 is 2.25 bits per heavy atom. The maximum Gasteiger partial charge on any atom is 0.320 e. The van der Waals surface area contributed by atoms with Gasteiger partial charge in [0.1, 0.15) is 6.04 Å². The number of rotatable bonds is 4. The molecule has 110 valence electrons. The highest BCUT2D eigenvalue weighted by Gasteiger charge is 2.32. The van der Waals surface area contributed by atoms with Gasteiger partial charge in [0.15, 0.2) is 0 Å². The Hall–Kier alpha value is -0.870. The van der Waals surface area contributed by atoms with Gasteiger partial charge in [-0.15, -0.1) is 0 Å². The molecule has 4 heteroatoms. The van der Waals surface area contributed by atoms with Gasteiger partial charge in [0.25, 0.3) is 0 Å². The van der Waals surface area contributed by atoms with Crippen molar-refractivity contribution in [1.29, 1.82) is 0 Å². The van der Waals surface area contributed by atoms with Crippen LogP contribution in [-0.4, -0.2) is 28.6 Å². The molecule has 2 unspecified atom stereocenters. The van der Waals surface area contributed by atoms with E-state index < -0.39 is 5.97 Å². The molecule has 0 bridgehead atoms. The molecular formula is C16H22BrNO2. The Labute approximate surface area is 129 Å². The fraction of sp³-hybridized carbons (Fsp3) is 0.562. The van der Waals surface area contributed by atoms with Crippen molar-refractivity contribution >= 4 is 21.9 Å². The van der Waals surface area contributed by atoms with Crippen molar-refractivity contribution in [2.24, 2.45) is 0 Å². The first kappa shape index (κ1) is 15.5. The SMILES string of the molecule is CCC(c1cccc(Br)c1)N1CCCCCC1C(=O)O. The fourth-order valence-corrected chi connectivity index (χ4v) is 3.56. The van der Waals surface area contributed by atoms with Crippen LogP contribution < -0.4 is 0 Å². The van der Waals surface area contributed by atoms with E-state index in [0.717, 1.165) is 43.1 Å². The molecule has 0 aliphatic carbocycles. The average molecular weight is 340 g/mol. The maximum absolute atomic E-state index is 11.6. The van der Waals surface area contributed by atoms with Gasteiger partial charge < -0.3 is 5.11 Å². The number of carboxylic acid groups (broad SMARTS) is 1. The molecular weight excluding hydrogens is 318 g/mol. The van der Waals surface area contributed by atoms with E-state index in [1.54, 1.807) is 0 Å². The number of likely N-dealkylation sites (tertiary alicyclic amines) is 1. The number of carbonyl (C=O) groups is 1. The number of hydrogen-bond donors (Lipinski definition) is 1. The zero-order valence-corrected chi connectivity index (χ0v) is 13.5. The first-order valence-electron chi connectivity index (χ1n) is 7.37. The van der Waals surface area contributed by atoms with E-state index in [2.05, 4.69) is 39.9 Å². The van der Waals surface area contributed by atoms with Crippen molar-refractivity contribution in [3.05, 3.63) is 34.3 Å². The Morgan fingerprint density at radius 3 is 2.90 bits per heavy atom. The van der Waals surface area contributed by atoms with Crippen molar-refractivity contribution in [2.45, 2.75) is 51.1 Å². The van der Waals surface area contributed by atoms with Crippen LogP contribution in [0.2, 0.25) is 0 Å². The number of aliphatic carboxylic acids is 1. The van der Waals surface area contributed by atoms with Crippen LogP contribution in [0, 0.1) is 0 Å². The van der Waals surface area contributed by atoms with Crippen LogP contribution >= 0.6 is 15.9 Å². The number of benzene rings is 1. The predicted octanol–water partition coefficient (Wildman–Crippen LogP) is 4.23. The molecule has 2 rings (SSSR count). The first-order valence-corrected chi connectivity index (χ1v) is 8.16. The highest BCUT2D eigenvalue weighted by molar-refractivity contribution is 9.10. The fourth-order valence-electron chi connectivity index (χ4n) is 3.14. The Kier molecular flexibility index (Phi) is 5.61. The summed E-state index contributed by atoms with van der Waals surface area (Å²) in [5.74, 6) is -0.680. The lowest BCUT2D eigenvalue weighted by molar-refractivity contribution is -0.144. The lowest BCUT2D eigenvalue weighted by Crippen LogP contribution is -2.43. The molecule has 1 heterocycles. The highest BCUT2D eigenvalue weighted by Crippen LogP contribution is 2.31. The molecule has 1 fully saturated rings. The van der Waals surface area contributed by atoms with E-state index in [-0.39, 0.29) is 12.1 Å². The minimum absolute atomic E-state index is 0.187. The summed E-state index contributed by atoms with van der Waals surface area (Å²) in [4.78, 5) is 13.8. The van der Waals surface area contributed by atoms with Gasteiger partial charge in [-0.2, -0.15) is 0 Å². The van der Waals surface area contributed by atoms with Crippen molar-refractivity contribution in [3.63, 3.8) is 0 Å². The van der Waals surface area contributed by atoms with Crippen LogP contribution in [0.4, 0.5) is 0 Å². The number of carboxylic acids is 1. The van der Waals surface area contributed by atoms with Crippen LogP contribution in [0.15, 0.2) is 28.7 Å². The second kappa shape index (κ2) is 7.23. The summed E-state index contributed by atoms with van der Waals surface area (Å²) in [5.41, 5.74) is 1.20. The molecule has 20 heavy (non-hydrogen) atoms. The summed E-state index contributed by atoms with van der Waals surface area (Å²) < 4.78 is 1.05. The standard InChI is InChI=1S/C16H22BrNO2/c1-2-14(12-7-6-8-13(17)11-12)18-10-5-3-4-9-15(18)16(19)20/h6-8,11,14-15H,2-5,9-10H2,1H3,(H,19,20). The molecule has 1 aliphatic heterocycles. The normalized spacial score (nSPS) is 22.2. The Bertz CT molecular complexity index is 464. The van der Waals surface area contributed by atoms with Crippen molar-refractivity contribution in [1.82, 2.24) is 4.90 Å². The lowest BCUT2D eigenvalue weighted by Gasteiger charge is -2.34. The molecule has 1 saturated heterocycles. The van der Waals surface area contributed by atoms with Crippen molar-refractivity contribution in [3.8, 4) is 0 Å². The van der Waals surface area contributed by atoms with E-state index in [9.17, 15) is 9.90 Å². The zero-order chi connectivity index (χ0) is 14.5.